The number of carbonyl (C=O) groups excluding carboxylic acids is 1. The van der Waals surface area contributed by atoms with E-state index in [0.29, 0.717) is 23.2 Å². The highest BCUT2D eigenvalue weighted by Crippen LogP contribution is 2.41. The highest BCUT2D eigenvalue weighted by Gasteiger charge is 2.23. The van der Waals surface area contributed by atoms with Crippen LogP contribution in [-0.4, -0.2) is 50.7 Å². The lowest BCUT2D eigenvalue weighted by Gasteiger charge is -2.13. The molecule has 4 aromatic rings. The van der Waals surface area contributed by atoms with Crippen LogP contribution in [0.3, 0.4) is 0 Å². The van der Waals surface area contributed by atoms with E-state index in [9.17, 15) is 4.79 Å². The van der Waals surface area contributed by atoms with Crippen LogP contribution in [0.5, 0.6) is 0 Å². The molecule has 5 rings (SSSR count). The van der Waals surface area contributed by atoms with Crippen molar-refractivity contribution in [3.8, 4) is 16.4 Å². The summed E-state index contributed by atoms with van der Waals surface area (Å²) in [4.78, 5) is 18.6. The van der Waals surface area contributed by atoms with Crippen molar-refractivity contribution in [2.75, 3.05) is 24.6 Å². The van der Waals surface area contributed by atoms with Crippen LogP contribution in [-0.2, 0) is 9.53 Å². The second-order valence-electron chi connectivity index (χ2n) is 8.42. The lowest BCUT2D eigenvalue weighted by molar-refractivity contribution is -0.119. The molecule has 1 saturated heterocycles. The number of nitrogens with zero attached hydrogens (tertiary/aromatic N) is 4. The molecular formula is C24H26N6O2S2. The molecule has 176 valence electrons. The molecule has 1 aliphatic rings. The molecular weight excluding hydrogens is 468 g/mol. The van der Waals surface area contributed by atoms with E-state index in [1.54, 1.807) is 6.20 Å². The minimum atomic E-state index is -0.0531. The van der Waals surface area contributed by atoms with Gasteiger partial charge in [0, 0.05) is 24.7 Å². The summed E-state index contributed by atoms with van der Waals surface area (Å²) >= 11 is 2.85. The van der Waals surface area contributed by atoms with Gasteiger partial charge in [-0.15, -0.1) is 21.5 Å². The van der Waals surface area contributed by atoms with Crippen molar-refractivity contribution >= 4 is 44.9 Å². The van der Waals surface area contributed by atoms with Crippen LogP contribution in [0.4, 0.5) is 5.69 Å². The fourth-order valence-electron chi connectivity index (χ4n) is 4.15. The van der Waals surface area contributed by atoms with E-state index < -0.39 is 0 Å². The van der Waals surface area contributed by atoms with Crippen LogP contribution < -0.4 is 11.1 Å². The fourth-order valence-corrected chi connectivity index (χ4v) is 5.97. The van der Waals surface area contributed by atoms with Gasteiger partial charge in [-0.05, 0) is 62.1 Å². The zero-order valence-corrected chi connectivity index (χ0v) is 20.7. The van der Waals surface area contributed by atoms with Crippen molar-refractivity contribution in [3.63, 3.8) is 0 Å². The van der Waals surface area contributed by atoms with Crippen LogP contribution in [0.2, 0.25) is 0 Å². The molecule has 1 atom stereocenters. The molecule has 3 N–H and O–H groups in total. The first-order chi connectivity index (χ1) is 16.5. The van der Waals surface area contributed by atoms with Gasteiger partial charge in [0.05, 0.1) is 28.1 Å². The number of nitrogen functional groups attached to an aromatic ring is 1. The zero-order valence-electron chi connectivity index (χ0n) is 19.1. The van der Waals surface area contributed by atoms with Gasteiger partial charge in [-0.3, -0.25) is 9.36 Å². The van der Waals surface area contributed by atoms with E-state index in [0.717, 1.165) is 51.4 Å². The number of fused-ring (bicyclic) bond motifs is 1. The van der Waals surface area contributed by atoms with Crippen LogP contribution in [0.25, 0.3) is 26.6 Å². The number of ether oxygens (including phenoxy) is 1. The number of rotatable bonds is 7. The number of thioether (sulfide) groups is 1. The number of aromatic nitrogens is 4. The fraction of sp³-hybridized carbons (Fsp3) is 0.333. The summed E-state index contributed by atoms with van der Waals surface area (Å²) in [5.41, 5.74) is 10.3. The number of amides is 1. The van der Waals surface area contributed by atoms with Crippen molar-refractivity contribution in [1.29, 1.82) is 0 Å². The first kappa shape index (κ1) is 22.8. The third-order valence-corrected chi connectivity index (χ3v) is 7.74. The quantitative estimate of drug-likeness (QED) is 0.372. The van der Waals surface area contributed by atoms with Crippen molar-refractivity contribution in [3.05, 3.63) is 47.7 Å². The molecule has 10 heteroatoms. The highest BCUT2D eigenvalue weighted by molar-refractivity contribution is 7.99. The van der Waals surface area contributed by atoms with Gasteiger partial charge >= 0.3 is 0 Å². The Morgan fingerprint density at radius 3 is 2.85 bits per heavy atom. The van der Waals surface area contributed by atoms with Gasteiger partial charge in [-0.1, -0.05) is 17.8 Å². The maximum Gasteiger partial charge on any atom is 0.230 e. The Morgan fingerprint density at radius 1 is 1.29 bits per heavy atom. The Kier molecular flexibility index (Phi) is 6.53. The van der Waals surface area contributed by atoms with Gasteiger partial charge in [0.25, 0.3) is 0 Å². The lowest BCUT2D eigenvalue weighted by atomic mass is 10.1. The minimum Gasteiger partial charge on any atom is -0.397 e. The van der Waals surface area contributed by atoms with Crippen LogP contribution in [0.1, 0.15) is 24.0 Å². The van der Waals surface area contributed by atoms with Crippen molar-refractivity contribution < 1.29 is 9.53 Å². The predicted octanol–water partition coefficient (Wildman–Crippen LogP) is 4.13. The molecule has 0 bridgehead atoms. The summed E-state index contributed by atoms with van der Waals surface area (Å²) in [6.07, 6.45) is 3.91. The molecule has 34 heavy (non-hydrogen) atoms. The molecule has 1 unspecified atom stereocenters. The van der Waals surface area contributed by atoms with Gasteiger partial charge in [0.2, 0.25) is 5.91 Å². The average molecular weight is 495 g/mol. The third-order valence-electron chi connectivity index (χ3n) is 5.69. The van der Waals surface area contributed by atoms with Crippen molar-refractivity contribution in [2.45, 2.75) is 37.9 Å². The number of benzene rings is 1. The van der Waals surface area contributed by atoms with E-state index >= 15 is 0 Å². The van der Waals surface area contributed by atoms with Gasteiger partial charge in [-0.25, -0.2) is 4.98 Å². The minimum absolute atomic E-state index is 0.0531. The van der Waals surface area contributed by atoms with E-state index in [1.807, 2.05) is 16.7 Å². The molecule has 4 heterocycles. The molecule has 3 aromatic heterocycles. The van der Waals surface area contributed by atoms with E-state index in [1.165, 1.54) is 23.1 Å². The summed E-state index contributed by atoms with van der Waals surface area (Å²) < 4.78 is 7.58. The molecule has 1 aromatic carbocycles. The number of pyridine rings is 1. The number of nitrogens with one attached hydrogen (secondary N) is 1. The Bertz CT molecular complexity index is 1320. The molecule has 1 fully saturated rings. The van der Waals surface area contributed by atoms with E-state index in [2.05, 4.69) is 52.5 Å². The third kappa shape index (κ3) is 4.66. The van der Waals surface area contributed by atoms with Gasteiger partial charge in [-0.2, -0.15) is 0 Å². The smallest absolute Gasteiger partial charge is 0.230 e. The largest absolute Gasteiger partial charge is 0.397 e. The molecule has 8 nitrogen and oxygen atoms in total. The summed E-state index contributed by atoms with van der Waals surface area (Å²) in [5, 5.41) is 13.5. The summed E-state index contributed by atoms with van der Waals surface area (Å²) in [5.74, 6) is 0.828. The molecule has 0 saturated carbocycles. The van der Waals surface area contributed by atoms with E-state index in [4.69, 9.17) is 10.5 Å². The monoisotopic (exact) mass is 494 g/mol. The van der Waals surface area contributed by atoms with Crippen LogP contribution in [0, 0.1) is 13.8 Å². The van der Waals surface area contributed by atoms with Crippen molar-refractivity contribution in [1.82, 2.24) is 25.1 Å². The number of carbonyl (C=O) groups is 1. The SMILES string of the molecule is Cc1cc(C)cc(-n2c(SCC(=O)NCC3CCCO3)nnc2-c2sc3ncccc3c2N)c1. The van der Waals surface area contributed by atoms with Crippen LogP contribution >= 0.6 is 23.1 Å². The number of anilines is 1. The number of nitrogens with two attached hydrogens (primary N) is 1. The second kappa shape index (κ2) is 9.73. The first-order valence-electron chi connectivity index (χ1n) is 11.2. The standard InChI is InChI=1S/C24H26N6O2S2/c1-14-9-15(2)11-16(10-14)30-22(21-20(25)18-6-3-7-26-23(18)34-21)28-29-24(30)33-13-19(31)27-12-17-5-4-8-32-17/h3,6-7,9-11,17H,4-5,8,12-13,25H2,1-2H3,(H,27,31). The second-order valence-corrected chi connectivity index (χ2v) is 10.4. The Labute approximate surface area is 205 Å². The Morgan fingerprint density at radius 2 is 2.12 bits per heavy atom. The highest BCUT2D eigenvalue weighted by atomic mass is 32.2. The number of hydrogen-bond acceptors (Lipinski definition) is 8. The van der Waals surface area contributed by atoms with Gasteiger partial charge in [0.15, 0.2) is 11.0 Å². The topological polar surface area (TPSA) is 108 Å². The maximum absolute atomic E-state index is 12.5. The normalized spacial score (nSPS) is 15.8. The lowest BCUT2D eigenvalue weighted by Crippen LogP contribution is -2.32. The number of thiophene rings is 1. The summed E-state index contributed by atoms with van der Waals surface area (Å²) in [6, 6.07) is 10.1. The van der Waals surface area contributed by atoms with Gasteiger partial charge < -0.3 is 15.8 Å². The van der Waals surface area contributed by atoms with Gasteiger partial charge in [0.1, 0.15) is 4.83 Å². The average Bonchev–Trinajstić information content (AvgIpc) is 3.55. The van der Waals surface area contributed by atoms with E-state index in [-0.39, 0.29) is 17.8 Å². The molecule has 1 aliphatic heterocycles. The molecule has 0 spiro atoms. The molecule has 0 radical (unpaired) electrons. The zero-order chi connectivity index (χ0) is 23.7. The number of aryl methyl sites for hydroxylation is 2. The summed E-state index contributed by atoms with van der Waals surface area (Å²) in [7, 11) is 0. The molecule has 0 aliphatic carbocycles. The maximum atomic E-state index is 12.5. The Hall–Kier alpha value is -2.95. The number of hydrogen-bond donors (Lipinski definition) is 2. The molecule has 1 amide bonds. The predicted molar refractivity (Wildman–Crippen MR) is 137 cm³/mol. The first-order valence-corrected chi connectivity index (χ1v) is 13.0. The van der Waals surface area contributed by atoms with Crippen molar-refractivity contribution in [2.24, 2.45) is 0 Å². The Balaban J connectivity index is 1.47. The van der Waals surface area contributed by atoms with Crippen LogP contribution in [0.15, 0.2) is 41.7 Å². The summed E-state index contributed by atoms with van der Waals surface area (Å²) in [6.45, 7) is 5.43.